The Bertz CT molecular complexity index is 551. The summed E-state index contributed by atoms with van der Waals surface area (Å²) in [4.78, 5) is 13.3. The average Bonchev–Trinajstić information content (AvgIpc) is 3.01. The van der Waals surface area contributed by atoms with E-state index in [4.69, 9.17) is 9.52 Å². The Hall–Kier alpha value is -2.07. The van der Waals surface area contributed by atoms with Gasteiger partial charge in [-0.2, -0.15) is 0 Å². The molecule has 4 nitrogen and oxygen atoms in total. The van der Waals surface area contributed by atoms with Gasteiger partial charge in [-0.1, -0.05) is 44.2 Å². The van der Waals surface area contributed by atoms with Crippen LogP contribution >= 0.6 is 0 Å². The van der Waals surface area contributed by atoms with Crippen LogP contribution in [-0.4, -0.2) is 29.1 Å². The maximum Gasteiger partial charge on any atom is 0.307 e. The highest BCUT2D eigenvalue weighted by molar-refractivity contribution is 5.69. The fourth-order valence-electron chi connectivity index (χ4n) is 2.48. The highest BCUT2D eigenvalue weighted by Crippen LogP contribution is 2.29. The zero-order valence-corrected chi connectivity index (χ0v) is 12.4. The molecule has 0 radical (unpaired) electrons. The van der Waals surface area contributed by atoms with E-state index in [1.165, 1.54) is 0 Å². The molecule has 0 aliphatic rings. The predicted molar refractivity (Wildman–Crippen MR) is 81.0 cm³/mol. The molecule has 0 saturated heterocycles. The lowest BCUT2D eigenvalue weighted by atomic mass is 10.0. The van der Waals surface area contributed by atoms with E-state index in [-0.39, 0.29) is 6.04 Å². The quantitative estimate of drug-likeness (QED) is 0.848. The molecule has 112 valence electrons. The minimum absolute atomic E-state index is 0.0620. The van der Waals surface area contributed by atoms with E-state index in [0.717, 1.165) is 17.9 Å². The molecule has 2 rings (SSSR count). The van der Waals surface area contributed by atoms with Crippen molar-refractivity contribution >= 4 is 5.97 Å². The van der Waals surface area contributed by atoms with Crippen LogP contribution in [0.3, 0.4) is 0 Å². The molecule has 0 bridgehead atoms. The Morgan fingerprint density at radius 3 is 2.48 bits per heavy atom. The number of rotatable bonds is 7. The molecular formula is C17H21NO3. The molecule has 1 aromatic carbocycles. The lowest BCUT2D eigenvalue weighted by molar-refractivity contribution is -0.141. The van der Waals surface area contributed by atoms with Gasteiger partial charge < -0.3 is 9.52 Å². The van der Waals surface area contributed by atoms with Gasteiger partial charge in [-0.3, -0.25) is 9.69 Å². The first-order valence-corrected chi connectivity index (χ1v) is 7.18. The minimum atomic E-state index is -0.778. The maximum absolute atomic E-state index is 11.1. The van der Waals surface area contributed by atoms with E-state index in [2.05, 4.69) is 4.90 Å². The van der Waals surface area contributed by atoms with Crippen LogP contribution in [0.4, 0.5) is 0 Å². The topological polar surface area (TPSA) is 53.7 Å². The second-order valence-corrected chi connectivity index (χ2v) is 5.16. The summed E-state index contributed by atoms with van der Waals surface area (Å²) in [5.41, 5.74) is 1.10. The number of carbonyl (C=O) groups is 1. The monoisotopic (exact) mass is 287 g/mol. The summed E-state index contributed by atoms with van der Waals surface area (Å²) in [5, 5.41) is 9.16. The van der Waals surface area contributed by atoms with E-state index >= 15 is 0 Å². The Morgan fingerprint density at radius 2 is 1.95 bits per heavy atom. The van der Waals surface area contributed by atoms with Gasteiger partial charge in [0.1, 0.15) is 5.76 Å². The Balaban J connectivity index is 2.32. The van der Waals surface area contributed by atoms with Crippen molar-refractivity contribution in [1.29, 1.82) is 0 Å². The Kier molecular flexibility index (Phi) is 5.17. The highest BCUT2D eigenvalue weighted by atomic mass is 16.4. The van der Waals surface area contributed by atoms with Crippen molar-refractivity contribution < 1.29 is 14.3 Å². The molecule has 0 amide bonds. The number of hydrogen-bond acceptors (Lipinski definition) is 3. The third kappa shape index (κ3) is 3.73. The van der Waals surface area contributed by atoms with E-state index in [1.807, 2.05) is 49.4 Å². The predicted octanol–water partition coefficient (Wildman–Crippen LogP) is 3.41. The fraction of sp³-hybridized carbons (Fsp3) is 0.353. The molecule has 0 spiro atoms. The van der Waals surface area contributed by atoms with Crippen LogP contribution in [0.2, 0.25) is 0 Å². The van der Waals surface area contributed by atoms with Gasteiger partial charge in [0, 0.05) is 6.54 Å². The van der Waals surface area contributed by atoms with Crippen LogP contribution in [-0.2, 0) is 4.79 Å². The summed E-state index contributed by atoms with van der Waals surface area (Å²) in [5.74, 6) is -0.369. The van der Waals surface area contributed by atoms with Crippen molar-refractivity contribution in [3.63, 3.8) is 0 Å². The third-order valence-corrected chi connectivity index (χ3v) is 3.63. The van der Waals surface area contributed by atoms with Crippen LogP contribution in [0, 0.1) is 5.92 Å². The van der Waals surface area contributed by atoms with Gasteiger partial charge in [0.05, 0.1) is 18.2 Å². The fourth-order valence-corrected chi connectivity index (χ4v) is 2.48. The van der Waals surface area contributed by atoms with Gasteiger partial charge in [0.25, 0.3) is 0 Å². The van der Waals surface area contributed by atoms with Gasteiger partial charge in [-0.05, 0) is 24.2 Å². The first-order valence-electron chi connectivity index (χ1n) is 7.18. The van der Waals surface area contributed by atoms with Gasteiger partial charge in [-0.15, -0.1) is 0 Å². The average molecular weight is 287 g/mol. The molecule has 1 aromatic heterocycles. The Morgan fingerprint density at radius 1 is 1.24 bits per heavy atom. The molecule has 0 aliphatic carbocycles. The third-order valence-electron chi connectivity index (χ3n) is 3.63. The van der Waals surface area contributed by atoms with E-state index in [0.29, 0.717) is 6.54 Å². The van der Waals surface area contributed by atoms with Crippen molar-refractivity contribution in [2.75, 3.05) is 13.1 Å². The number of nitrogens with zero attached hydrogens (tertiary/aromatic N) is 1. The summed E-state index contributed by atoms with van der Waals surface area (Å²) in [6, 6.07) is 13.8. The lowest BCUT2D eigenvalue weighted by Gasteiger charge is -2.31. The van der Waals surface area contributed by atoms with Crippen LogP contribution in [0.5, 0.6) is 0 Å². The highest BCUT2D eigenvalue weighted by Gasteiger charge is 2.26. The second-order valence-electron chi connectivity index (χ2n) is 5.16. The van der Waals surface area contributed by atoms with E-state index < -0.39 is 11.9 Å². The normalized spacial score (nSPS) is 14.0. The second kappa shape index (κ2) is 7.09. The number of carboxylic acids is 1. The van der Waals surface area contributed by atoms with Crippen LogP contribution in [0.25, 0.3) is 0 Å². The number of furan rings is 1. The van der Waals surface area contributed by atoms with Gasteiger partial charge >= 0.3 is 5.97 Å². The van der Waals surface area contributed by atoms with Crippen molar-refractivity contribution in [2.24, 2.45) is 5.92 Å². The van der Waals surface area contributed by atoms with Gasteiger partial charge in [-0.25, -0.2) is 0 Å². The standard InChI is InChI=1S/C17H21NO3/c1-3-18(12-13(2)17(19)20)16(15-10-7-11-21-15)14-8-5-4-6-9-14/h4-11,13,16H,3,12H2,1-2H3,(H,19,20). The van der Waals surface area contributed by atoms with Gasteiger partial charge in [0.2, 0.25) is 0 Å². The van der Waals surface area contributed by atoms with Crippen LogP contribution in [0.1, 0.15) is 31.2 Å². The van der Waals surface area contributed by atoms with Crippen molar-refractivity contribution in [3.05, 3.63) is 60.1 Å². The zero-order chi connectivity index (χ0) is 15.2. The smallest absolute Gasteiger partial charge is 0.307 e. The molecule has 1 N–H and O–H groups in total. The molecular weight excluding hydrogens is 266 g/mol. The molecule has 0 saturated carbocycles. The number of benzene rings is 1. The first kappa shape index (κ1) is 15.3. The number of aliphatic carboxylic acids is 1. The van der Waals surface area contributed by atoms with Gasteiger partial charge in [0.15, 0.2) is 0 Å². The summed E-state index contributed by atoms with van der Waals surface area (Å²) >= 11 is 0. The first-order chi connectivity index (χ1) is 10.1. The van der Waals surface area contributed by atoms with Crippen LogP contribution in [0.15, 0.2) is 53.1 Å². The Labute approximate surface area is 125 Å². The molecule has 1 heterocycles. The summed E-state index contributed by atoms with van der Waals surface area (Å²) in [6.07, 6.45) is 1.65. The molecule has 2 unspecified atom stereocenters. The molecule has 0 fully saturated rings. The van der Waals surface area contributed by atoms with E-state index in [9.17, 15) is 4.79 Å². The summed E-state index contributed by atoms with van der Waals surface area (Å²) in [7, 11) is 0. The molecule has 4 heteroatoms. The number of hydrogen-bond donors (Lipinski definition) is 1. The van der Waals surface area contributed by atoms with Crippen molar-refractivity contribution in [1.82, 2.24) is 4.90 Å². The van der Waals surface area contributed by atoms with Crippen molar-refractivity contribution in [2.45, 2.75) is 19.9 Å². The van der Waals surface area contributed by atoms with Crippen molar-refractivity contribution in [3.8, 4) is 0 Å². The molecule has 0 aliphatic heterocycles. The molecule has 2 atom stereocenters. The summed E-state index contributed by atoms with van der Waals surface area (Å²) in [6.45, 7) is 4.99. The largest absolute Gasteiger partial charge is 0.481 e. The lowest BCUT2D eigenvalue weighted by Crippen LogP contribution is -2.35. The SMILES string of the molecule is CCN(CC(C)C(=O)O)C(c1ccccc1)c1ccco1. The maximum atomic E-state index is 11.1. The zero-order valence-electron chi connectivity index (χ0n) is 12.4. The molecule has 2 aromatic rings. The number of carboxylic acid groups (broad SMARTS) is 1. The minimum Gasteiger partial charge on any atom is -0.481 e. The summed E-state index contributed by atoms with van der Waals surface area (Å²) < 4.78 is 5.59. The molecule has 21 heavy (non-hydrogen) atoms. The van der Waals surface area contributed by atoms with Crippen LogP contribution < -0.4 is 0 Å². The van der Waals surface area contributed by atoms with E-state index in [1.54, 1.807) is 13.2 Å².